The predicted octanol–water partition coefficient (Wildman–Crippen LogP) is 4.09. The standard InChI is InChI=1S/C13H25NOSi/c1-13(11-14,15-16(2,3)4)10-12-8-6-5-7-9-12/h12H,5-10H2,1-4H3. The highest BCUT2D eigenvalue weighted by atomic mass is 28.4. The van der Waals surface area contributed by atoms with E-state index in [1.165, 1.54) is 32.1 Å². The van der Waals surface area contributed by atoms with Gasteiger partial charge in [0.25, 0.3) is 0 Å². The van der Waals surface area contributed by atoms with Gasteiger partial charge >= 0.3 is 0 Å². The second-order valence-electron chi connectivity index (χ2n) is 6.27. The molecular weight excluding hydrogens is 214 g/mol. The van der Waals surface area contributed by atoms with Crippen LogP contribution in [0.4, 0.5) is 0 Å². The highest BCUT2D eigenvalue weighted by Gasteiger charge is 2.34. The van der Waals surface area contributed by atoms with Gasteiger partial charge in [-0.1, -0.05) is 32.1 Å². The first kappa shape index (κ1) is 13.7. The van der Waals surface area contributed by atoms with Crippen LogP contribution in [0, 0.1) is 17.2 Å². The normalized spacial score (nSPS) is 22.4. The number of nitrogens with zero attached hydrogens (tertiary/aromatic N) is 1. The molecule has 0 aliphatic heterocycles. The Kier molecular flexibility index (Phi) is 4.58. The molecule has 0 aromatic heterocycles. The zero-order chi connectivity index (χ0) is 12.2. The van der Waals surface area contributed by atoms with Crippen molar-refractivity contribution in [3.8, 4) is 6.07 Å². The van der Waals surface area contributed by atoms with Crippen molar-refractivity contribution in [3.63, 3.8) is 0 Å². The van der Waals surface area contributed by atoms with E-state index >= 15 is 0 Å². The molecule has 1 rings (SSSR count). The summed E-state index contributed by atoms with van der Waals surface area (Å²) in [7, 11) is -1.62. The van der Waals surface area contributed by atoms with Gasteiger partial charge in [0, 0.05) is 0 Å². The van der Waals surface area contributed by atoms with E-state index in [-0.39, 0.29) is 0 Å². The fourth-order valence-corrected chi connectivity index (χ4v) is 4.21. The topological polar surface area (TPSA) is 33.0 Å². The molecule has 1 aliphatic carbocycles. The van der Waals surface area contributed by atoms with E-state index in [0.29, 0.717) is 5.92 Å². The lowest BCUT2D eigenvalue weighted by Gasteiger charge is -2.34. The second-order valence-corrected chi connectivity index (χ2v) is 10.7. The van der Waals surface area contributed by atoms with Crippen LogP contribution in [0.3, 0.4) is 0 Å². The van der Waals surface area contributed by atoms with Crippen LogP contribution in [0.1, 0.15) is 45.4 Å². The van der Waals surface area contributed by atoms with Crippen LogP contribution in [-0.2, 0) is 4.43 Å². The maximum Gasteiger partial charge on any atom is 0.185 e. The fraction of sp³-hybridized carbons (Fsp3) is 0.923. The smallest absolute Gasteiger partial charge is 0.185 e. The molecule has 92 valence electrons. The molecule has 0 N–H and O–H groups in total. The van der Waals surface area contributed by atoms with E-state index in [4.69, 9.17) is 4.43 Å². The molecule has 0 amide bonds. The van der Waals surface area contributed by atoms with Gasteiger partial charge < -0.3 is 4.43 Å². The van der Waals surface area contributed by atoms with Gasteiger partial charge in [0.2, 0.25) is 0 Å². The van der Waals surface area contributed by atoms with Gasteiger partial charge in [0.05, 0.1) is 6.07 Å². The van der Waals surface area contributed by atoms with Crippen molar-refractivity contribution in [2.45, 2.75) is 70.7 Å². The Balaban J connectivity index is 2.55. The summed E-state index contributed by atoms with van der Waals surface area (Å²) in [6.07, 6.45) is 7.53. The lowest BCUT2D eigenvalue weighted by atomic mass is 9.82. The Morgan fingerprint density at radius 3 is 2.25 bits per heavy atom. The van der Waals surface area contributed by atoms with Crippen molar-refractivity contribution in [3.05, 3.63) is 0 Å². The molecule has 0 aromatic carbocycles. The molecule has 1 atom stereocenters. The van der Waals surface area contributed by atoms with E-state index in [0.717, 1.165) is 6.42 Å². The summed E-state index contributed by atoms with van der Waals surface area (Å²) in [6, 6.07) is 2.39. The quantitative estimate of drug-likeness (QED) is 0.692. The zero-order valence-electron chi connectivity index (χ0n) is 11.2. The van der Waals surface area contributed by atoms with E-state index in [1.807, 2.05) is 6.92 Å². The molecule has 1 fully saturated rings. The van der Waals surface area contributed by atoms with Crippen LogP contribution in [-0.4, -0.2) is 13.9 Å². The lowest BCUT2D eigenvalue weighted by Crippen LogP contribution is -2.41. The third-order valence-corrected chi connectivity index (χ3v) is 4.23. The molecule has 0 heterocycles. The first-order valence-corrected chi connectivity index (χ1v) is 9.87. The van der Waals surface area contributed by atoms with Crippen molar-refractivity contribution < 1.29 is 4.43 Å². The van der Waals surface area contributed by atoms with Gasteiger partial charge in [0.15, 0.2) is 8.32 Å². The molecule has 0 spiro atoms. The van der Waals surface area contributed by atoms with Gasteiger partial charge in [0.1, 0.15) is 5.60 Å². The molecule has 0 radical (unpaired) electrons. The van der Waals surface area contributed by atoms with Gasteiger partial charge in [-0.2, -0.15) is 5.26 Å². The summed E-state index contributed by atoms with van der Waals surface area (Å²) >= 11 is 0. The molecule has 2 nitrogen and oxygen atoms in total. The number of rotatable bonds is 4. The average Bonchev–Trinajstić information content (AvgIpc) is 2.16. The van der Waals surface area contributed by atoms with Crippen LogP contribution in [0.15, 0.2) is 0 Å². The summed E-state index contributed by atoms with van der Waals surface area (Å²) in [5, 5.41) is 9.33. The highest BCUT2D eigenvalue weighted by molar-refractivity contribution is 6.69. The zero-order valence-corrected chi connectivity index (χ0v) is 12.2. The third kappa shape index (κ3) is 4.67. The number of nitriles is 1. The Morgan fingerprint density at radius 2 is 1.81 bits per heavy atom. The van der Waals surface area contributed by atoms with Crippen molar-refractivity contribution >= 4 is 8.32 Å². The van der Waals surface area contributed by atoms with E-state index in [1.54, 1.807) is 0 Å². The van der Waals surface area contributed by atoms with Crippen LogP contribution >= 0.6 is 0 Å². The highest BCUT2D eigenvalue weighted by Crippen LogP contribution is 2.33. The van der Waals surface area contributed by atoms with E-state index in [9.17, 15) is 5.26 Å². The maximum atomic E-state index is 9.33. The van der Waals surface area contributed by atoms with Crippen molar-refractivity contribution in [1.82, 2.24) is 0 Å². The van der Waals surface area contributed by atoms with E-state index in [2.05, 4.69) is 25.7 Å². The molecular formula is C13H25NOSi. The number of hydrogen-bond donors (Lipinski definition) is 0. The fourth-order valence-electron chi connectivity index (χ4n) is 2.73. The van der Waals surface area contributed by atoms with Gasteiger partial charge in [-0.25, -0.2) is 0 Å². The summed E-state index contributed by atoms with van der Waals surface area (Å²) in [4.78, 5) is 0. The van der Waals surface area contributed by atoms with Crippen LogP contribution < -0.4 is 0 Å². The van der Waals surface area contributed by atoms with Crippen LogP contribution in [0.5, 0.6) is 0 Å². The predicted molar refractivity (Wildman–Crippen MR) is 69.6 cm³/mol. The van der Waals surface area contributed by atoms with E-state index < -0.39 is 13.9 Å². The van der Waals surface area contributed by atoms with Gasteiger partial charge in [-0.3, -0.25) is 0 Å². The minimum atomic E-state index is -1.62. The number of hydrogen-bond acceptors (Lipinski definition) is 2. The van der Waals surface area contributed by atoms with Crippen molar-refractivity contribution in [2.75, 3.05) is 0 Å². The van der Waals surface area contributed by atoms with Gasteiger partial charge in [-0.15, -0.1) is 0 Å². The summed E-state index contributed by atoms with van der Waals surface area (Å²) < 4.78 is 6.05. The first-order chi connectivity index (χ1) is 7.35. The monoisotopic (exact) mass is 239 g/mol. The Labute approximate surface area is 101 Å². The summed E-state index contributed by atoms with van der Waals surface area (Å²) in [5.74, 6) is 0.703. The third-order valence-electron chi connectivity index (χ3n) is 3.17. The molecule has 0 bridgehead atoms. The molecule has 3 heteroatoms. The molecule has 0 saturated heterocycles. The molecule has 1 unspecified atom stereocenters. The Bertz CT molecular complexity index is 260. The second kappa shape index (κ2) is 5.33. The van der Waals surface area contributed by atoms with Gasteiger partial charge in [-0.05, 0) is 38.9 Å². The molecule has 16 heavy (non-hydrogen) atoms. The summed E-state index contributed by atoms with van der Waals surface area (Å²) in [6.45, 7) is 8.44. The average molecular weight is 239 g/mol. The largest absolute Gasteiger partial charge is 0.400 e. The molecule has 1 saturated carbocycles. The Hall–Kier alpha value is -0.333. The van der Waals surface area contributed by atoms with Crippen LogP contribution in [0.25, 0.3) is 0 Å². The van der Waals surface area contributed by atoms with Crippen molar-refractivity contribution in [2.24, 2.45) is 5.92 Å². The molecule has 0 aromatic rings. The SMILES string of the molecule is CC(C#N)(CC1CCCCC1)O[Si](C)(C)C. The first-order valence-electron chi connectivity index (χ1n) is 6.46. The molecule has 1 aliphatic rings. The van der Waals surface area contributed by atoms with Crippen molar-refractivity contribution in [1.29, 1.82) is 5.26 Å². The Morgan fingerprint density at radius 1 is 1.25 bits per heavy atom. The minimum absolute atomic E-state index is 0.549. The lowest BCUT2D eigenvalue weighted by molar-refractivity contribution is 0.0984. The minimum Gasteiger partial charge on any atom is -0.400 e. The maximum absolute atomic E-state index is 9.33. The van der Waals surface area contributed by atoms with Crippen LogP contribution in [0.2, 0.25) is 19.6 Å². The summed E-state index contributed by atoms with van der Waals surface area (Å²) in [5.41, 5.74) is -0.549.